The zero-order valence-electron chi connectivity index (χ0n) is 19.2. The van der Waals surface area contributed by atoms with Gasteiger partial charge in [0.15, 0.2) is 0 Å². The van der Waals surface area contributed by atoms with E-state index in [-0.39, 0.29) is 5.56 Å². The van der Waals surface area contributed by atoms with Crippen molar-refractivity contribution < 1.29 is 32.2 Å². The van der Waals surface area contributed by atoms with Gasteiger partial charge in [0.1, 0.15) is 17.1 Å². The lowest BCUT2D eigenvalue weighted by Gasteiger charge is -2.13. The number of esters is 1. The summed E-state index contributed by atoms with van der Waals surface area (Å²) in [6, 6.07) is 13.6. The second-order valence-electron chi connectivity index (χ2n) is 7.86. The third-order valence-corrected chi connectivity index (χ3v) is 5.30. The second kappa shape index (κ2) is 9.98. The fraction of sp³-hybridized carbons (Fsp3) is 0.160. The number of aromatic nitrogens is 2. The van der Waals surface area contributed by atoms with Crippen molar-refractivity contribution in [2.24, 2.45) is 0 Å². The third kappa shape index (κ3) is 5.93. The lowest BCUT2D eigenvalue weighted by Crippen LogP contribution is -2.18. The molecule has 0 radical (unpaired) electrons. The van der Waals surface area contributed by atoms with E-state index in [2.05, 4.69) is 25.3 Å². The quantitative estimate of drug-likeness (QED) is 0.294. The largest absolute Gasteiger partial charge is 0.573 e. The minimum Gasteiger partial charge on any atom is -0.464 e. The lowest BCUT2D eigenvalue weighted by atomic mass is 10.1. The second-order valence-corrected chi connectivity index (χ2v) is 7.86. The van der Waals surface area contributed by atoms with Gasteiger partial charge in [0.25, 0.3) is 5.91 Å². The zero-order chi connectivity index (χ0) is 25.9. The first kappa shape index (κ1) is 24.6. The van der Waals surface area contributed by atoms with Crippen LogP contribution in [0.1, 0.15) is 32.0 Å². The number of H-pyrrole nitrogens is 1. The molecule has 0 saturated carbocycles. The van der Waals surface area contributed by atoms with Crippen LogP contribution in [0.15, 0.2) is 60.8 Å². The van der Waals surface area contributed by atoms with E-state index in [1.165, 1.54) is 19.2 Å². The van der Waals surface area contributed by atoms with Gasteiger partial charge in [-0.1, -0.05) is 12.1 Å². The Morgan fingerprint density at radius 3 is 2.61 bits per heavy atom. The molecule has 11 heteroatoms. The van der Waals surface area contributed by atoms with Gasteiger partial charge >= 0.3 is 12.3 Å². The number of methoxy groups -OCH3 is 1. The predicted molar refractivity (Wildman–Crippen MR) is 127 cm³/mol. The number of fused-ring (bicyclic) bond motifs is 1. The molecule has 36 heavy (non-hydrogen) atoms. The van der Waals surface area contributed by atoms with E-state index in [9.17, 15) is 22.8 Å². The highest BCUT2D eigenvalue weighted by Crippen LogP contribution is 2.25. The molecular formula is C25H21F3N4O4. The first-order valence-corrected chi connectivity index (χ1v) is 10.7. The minimum atomic E-state index is -4.85. The van der Waals surface area contributed by atoms with Gasteiger partial charge in [-0.05, 0) is 60.5 Å². The molecule has 0 aliphatic carbocycles. The molecule has 0 bridgehead atoms. The summed E-state index contributed by atoms with van der Waals surface area (Å²) >= 11 is 0. The molecule has 4 rings (SSSR count). The number of aryl methyl sites for hydroxylation is 1. The maximum Gasteiger partial charge on any atom is 0.573 e. The van der Waals surface area contributed by atoms with Crippen molar-refractivity contribution in [1.82, 2.24) is 9.97 Å². The van der Waals surface area contributed by atoms with Crippen molar-refractivity contribution in [3.63, 3.8) is 0 Å². The van der Waals surface area contributed by atoms with Gasteiger partial charge in [-0.15, -0.1) is 13.2 Å². The molecule has 0 aliphatic rings. The smallest absolute Gasteiger partial charge is 0.464 e. The molecule has 0 saturated heterocycles. The molecule has 0 unspecified atom stereocenters. The van der Waals surface area contributed by atoms with Gasteiger partial charge in [-0.25, -0.2) is 9.78 Å². The standard InChI is InChI=1S/C25H21F3N4O4/c1-14-6-7-18(31-23(33)15-4-3-5-20(10-15)36-25(26,27)28)9-17(14)12-29-19-8-16-11-21(24(34)35-2)32-22(16)30-13-19/h3-11,13,29H,12H2,1-2H3,(H,30,32)(H,31,33). The van der Waals surface area contributed by atoms with E-state index in [0.717, 1.165) is 28.6 Å². The van der Waals surface area contributed by atoms with Crippen LogP contribution in [0.5, 0.6) is 5.75 Å². The number of amides is 1. The summed E-state index contributed by atoms with van der Waals surface area (Å²) in [5.41, 5.74) is 3.91. The number of carbonyl (C=O) groups excluding carboxylic acids is 2. The number of ether oxygens (including phenoxy) is 2. The Bertz CT molecular complexity index is 1430. The van der Waals surface area contributed by atoms with Crippen LogP contribution < -0.4 is 15.4 Å². The van der Waals surface area contributed by atoms with Crippen molar-refractivity contribution in [2.45, 2.75) is 19.8 Å². The topological polar surface area (TPSA) is 105 Å². The predicted octanol–water partition coefficient (Wildman–Crippen LogP) is 5.42. The Kier molecular flexibility index (Phi) is 6.82. The Morgan fingerprint density at radius 2 is 1.86 bits per heavy atom. The highest BCUT2D eigenvalue weighted by Gasteiger charge is 2.31. The molecule has 0 atom stereocenters. The van der Waals surface area contributed by atoms with Gasteiger partial charge in [0, 0.05) is 23.2 Å². The molecule has 8 nitrogen and oxygen atoms in total. The van der Waals surface area contributed by atoms with Crippen LogP contribution in [-0.2, 0) is 11.3 Å². The fourth-order valence-electron chi connectivity index (χ4n) is 3.51. The van der Waals surface area contributed by atoms with Gasteiger partial charge in [-0.3, -0.25) is 4.79 Å². The van der Waals surface area contributed by atoms with E-state index in [0.29, 0.717) is 29.3 Å². The summed E-state index contributed by atoms with van der Waals surface area (Å²) in [6.45, 7) is 2.32. The highest BCUT2D eigenvalue weighted by molar-refractivity contribution is 6.04. The van der Waals surface area contributed by atoms with E-state index in [4.69, 9.17) is 4.74 Å². The van der Waals surface area contributed by atoms with Crippen molar-refractivity contribution in [2.75, 3.05) is 17.7 Å². The fourth-order valence-corrected chi connectivity index (χ4v) is 3.51. The number of nitrogens with zero attached hydrogens (tertiary/aromatic N) is 1. The molecule has 3 N–H and O–H groups in total. The number of benzene rings is 2. The molecule has 2 heterocycles. The summed E-state index contributed by atoms with van der Waals surface area (Å²) in [4.78, 5) is 31.5. The van der Waals surface area contributed by atoms with E-state index < -0.39 is 24.0 Å². The van der Waals surface area contributed by atoms with Crippen LogP contribution in [0.4, 0.5) is 24.5 Å². The summed E-state index contributed by atoms with van der Waals surface area (Å²) in [5, 5.41) is 6.68. The number of pyridine rings is 1. The lowest BCUT2D eigenvalue weighted by molar-refractivity contribution is -0.274. The Morgan fingerprint density at radius 1 is 1.06 bits per heavy atom. The van der Waals surface area contributed by atoms with Crippen molar-refractivity contribution in [1.29, 1.82) is 0 Å². The number of nitrogens with one attached hydrogen (secondary N) is 3. The molecule has 0 fully saturated rings. The van der Waals surface area contributed by atoms with E-state index in [1.54, 1.807) is 24.4 Å². The molecule has 1 amide bonds. The highest BCUT2D eigenvalue weighted by atomic mass is 19.4. The first-order chi connectivity index (χ1) is 17.1. The molecule has 186 valence electrons. The summed E-state index contributed by atoms with van der Waals surface area (Å²) in [5.74, 6) is -1.54. The van der Waals surface area contributed by atoms with Crippen molar-refractivity contribution in [3.05, 3.63) is 83.2 Å². The van der Waals surface area contributed by atoms with Crippen molar-refractivity contribution >= 4 is 34.3 Å². The Balaban J connectivity index is 1.45. The first-order valence-electron chi connectivity index (χ1n) is 10.7. The van der Waals surface area contributed by atoms with E-state index in [1.807, 2.05) is 19.1 Å². The van der Waals surface area contributed by atoms with Crippen LogP contribution in [-0.4, -0.2) is 35.3 Å². The van der Waals surface area contributed by atoms with Crippen LogP contribution in [0, 0.1) is 6.92 Å². The molecule has 2 aromatic heterocycles. The van der Waals surface area contributed by atoms with Gasteiger partial charge in [0.2, 0.25) is 0 Å². The average Bonchev–Trinajstić information content (AvgIpc) is 3.26. The number of aromatic amines is 1. The van der Waals surface area contributed by atoms with Gasteiger partial charge in [0.05, 0.1) is 19.0 Å². The van der Waals surface area contributed by atoms with Crippen LogP contribution in [0.2, 0.25) is 0 Å². The number of alkyl halides is 3. The molecule has 0 spiro atoms. The molecular weight excluding hydrogens is 477 g/mol. The number of halogens is 3. The normalized spacial score (nSPS) is 11.2. The van der Waals surface area contributed by atoms with Crippen LogP contribution in [0.3, 0.4) is 0 Å². The summed E-state index contributed by atoms with van der Waals surface area (Å²) in [6.07, 6.45) is -3.23. The summed E-state index contributed by atoms with van der Waals surface area (Å²) < 4.78 is 46.0. The third-order valence-electron chi connectivity index (χ3n) is 5.30. The average molecular weight is 498 g/mol. The molecule has 4 aromatic rings. The molecule has 0 aliphatic heterocycles. The summed E-state index contributed by atoms with van der Waals surface area (Å²) in [7, 11) is 1.30. The number of hydrogen-bond donors (Lipinski definition) is 3. The SMILES string of the molecule is COC(=O)c1cc2cc(NCc3cc(NC(=O)c4cccc(OC(F)(F)F)c4)ccc3C)cnc2[nH]1. The number of hydrogen-bond acceptors (Lipinski definition) is 6. The van der Waals surface area contributed by atoms with Gasteiger partial charge in [-0.2, -0.15) is 0 Å². The molecule has 2 aromatic carbocycles. The number of rotatable bonds is 7. The van der Waals surface area contributed by atoms with Crippen molar-refractivity contribution in [3.8, 4) is 5.75 Å². The maximum absolute atomic E-state index is 12.6. The number of anilines is 2. The zero-order valence-corrected chi connectivity index (χ0v) is 19.2. The maximum atomic E-state index is 12.6. The van der Waals surface area contributed by atoms with E-state index >= 15 is 0 Å². The van der Waals surface area contributed by atoms with Crippen LogP contribution >= 0.6 is 0 Å². The Labute approximate surface area is 203 Å². The van der Waals surface area contributed by atoms with Crippen LogP contribution in [0.25, 0.3) is 11.0 Å². The van der Waals surface area contributed by atoms with Gasteiger partial charge < -0.3 is 25.1 Å². The number of carbonyl (C=O) groups is 2. The monoisotopic (exact) mass is 498 g/mol. The Hall–Kier alpha value is -4.54. The minimum absolute atomic E-state index is 0.0224.